The number of fused-ring (bicyclic) bond motifs is 1. The number of anilines is 2. The van der Waals surface area contributed by atoms with Gasteiger partial charge in [-0.15, -0.1) is 0 Å². The van der Waals surface area contributed by atoms with E-state index in [1.807, 2.05) is 0 Å². The molecule has 1 aliphatic heterocycles. The number of nitrogens with one attached hydrogen (secondary N) is 1. The maximum absolute atomic E-state index is 11.1. The molecule has 1 aliphatic rings. The van der Waals surface area contributed by atoms with Crippen LogP contribution in [0.5, 0.6) is 11.5 Å². The lowest BCUT2D eigenvalue weighted by Gasteiger charge is -2.19. The van der Waals surface area contributed by atoms with Gasteiger partial charge in [-0.1, -0.05) is 0 Å². The van der Waals surface area contributed by atoms with Crippen molar-refractivity contribution in [2.24, 2.45) is 0 Å². The zero-order valence-electron chi connectivity index (χ0n) is 10.7. The predicted octanol–water partition coefficient (Wildman–Crippen LogP) is 3.27. The first-order valence-electron chi connectivity index (χ1n) is 6.10. The van der Waals surface area contributed by atoms with Crippen molar-refractivity contribution in [2.45, 2.75) is 0 Å². The lowest BCUT2D eigenvalue weighted by Crippen LogP contribution is -2.15. The van der Waals surface area contributed by atoms with Crippen LogP contribution in [0.15, 0.2) is 34.9 Å². The Morgan fingerprint density at radius 2 is 2.00 bits per heavy atom. The first kappa shape index (κ1) is 13.6. The number of aromatic nitrogens is 1. The Morgan fingerprint density at radius 3 is 2.76 bits per heavy atom. The monoisotopic (exact) mass is 351 g/mol. The summed E-state index contributed by atoms with van der Waals surface area (Å²) in [5, 5.41) is 14.0. The zero-order chi connectivity index (χ0) is 14.8. The minimum Gasteiger partial charge on any atom is -0.486 e. The molecule has 108 valence electrons. The average molecular weight is 352 g/mol. The van der Waals surface area contributed by atoms with E-state index in [9.17, 15) is 10.1 Å². The van der Waals surface area contributed by atoms with Crippen LogP contribution in [0.2, 0.25) is 0 Å². The van der Waals surface area contributed by atoms with Gasteiger partial charge < -0.3 is 14.8 Å². The van der Waals surface area contributed by atoms with Crippen molar-refractivity contribution >= 4 is 33.1 Å². The van der Waals surface area contributed by atoms with Gasteiger partial charge in [0, 0.05) is 28.5 Å². The third-order valence-electron chi connectivity index (χ3n) is 2.84. The fourth-order valence-corrected chi connectivity index (χ4v) is 2.24. The molecule has 0 atom stereocenters. The van der Waals surface area contributed by atoms with Crippen LogP contribution in [0.25, 0.3) is 0 Å². The van der Waals surface area contributed by atoms with Crippen LogP contribution in [0, 0.1) is 10.1 Å². The molecule has 0 saturated carbocycles. The van der Waals surface area contributed by atoms with Crippen molar-refractivity contribution in [1.29, 1.82) is 0 Å². The molecule has 3 rings (SSSR count). The molecule has 0 amide bonds. The standard InChI is InChI=1S/C13H10BrN3O4/c14-8-5-10(17(18)19)13(15-7-8)16-9-1-2-11-12(6-9)21-4-3-20-11/h1-2,5-7H,3-4H2,(H,15,16). The summed E-state index contributed by atoms with van der Waals surface area (Å²) < 4.78 is 11.4. The highest BCUT2D eigenvalue weighted by Crippen LogP contribution is 2.35. The molecular weight excluding hydrogens is 342 g/mol. The van der Waals surface area contributed by atoms with Crippen LogP contribution < -0.4 is 14.8 Å². The van der Waals surface area contributed by atoms with Crippen LogP contribution in [0.4, 0.5) is 17.2 Å². The number of ether oxygens (including phenoxy) is 2. The number of hydrogen-bond acceptors (Lipinski definition) is 6. The van der Waals surface area contributed by atoms with Crippen molar-refractivity contribution in [3.8, 4) is 11.5 Å². The van der Waals surface area contributed by atoms with E-state index in [4.69, 9.17) is 9.47 Å². The van der Waals surface area contributed by atoms with Gasteiger partial charge in [-0.2, -0.15) is 0 Å². The Morgan fingerprint density at radius 1 is 1.24 bits per heavy atom. The van der Waals surface area contributed by atoms with Crippen LogP contribution in [0.1, 0.15) is 0 Å². The summed E-state index contributed by atoms with van der Waals surface area (Å²) in [6, 6.07) is 6.62. The fourth-order valence-electron chi connectivity index (χ4n) is 1.92. The Kier molecular flexibility index (Phi) is 3.61. The van der Waals surface area contributed by atoms with E-state index in [0.717, 1.165) is 0 Å². The normalized spacial score (nSPS) is 12.8. The number of nitro groups is 1. The van der Waals surface area contributed by atoms with E-state index < -0.39 is 4.92 Å². The molecule has 1 aromatic carbocycles. The lowest BCUT2D eigenvalue weighted by atomic mass is 10.2. The molecule has 0 fully saturated rings. The predicted molar refractivity (Wildman–Crippen MR) is 79.3 cm³/mol. The number of nitrogens with zero attached hydrogens (tertiary/aromatic N) is 2. The van der Waals surface area contributed by atoms with Gasteiger partial charge in [-0.25, -0.2) is 4.98 Å². The van der Waals surface area contributed by atoms with Gasteiger partial charge in [0.25, 0.3) is 0 Å². The Bertz CT molecular complexity index is 708. The third-order valence-corrected chi connectivity index (χ3v) is 3.27. The van der Waals surface area contributed by atoms with E-state index in [1.165, 1.54) is 12.3 Å². The molecule has 7 nitrogen and oxygen atoms in total. The minimum atomic E-state index is -0.488. The van der Waals surface area contributed by atoms with Crippen LogP contribution in [-0.2, 0) is 0 Å². The van der Waals surface area contributed by atoms with Crippen LogP contribution in [0.3, 0.4) is 0 Å². The highest BCUT2D eigenvalue weighted by Gasteiger charge is 2.17. The summed E-state index contributed by atoms with van der Waals surface area (Å²) in [6.07, 6.45) is 1.49. The van der Waals surface area contributed by atoms with Gasteiger partial charge in [-0.05, 0) is 28.1 Å². The van der Waals surface area contributed by atoms with Crippen molar-refractivity contribution < 1.29 is 14.4 Å². The van der Waals surface area contributed by atoms with Gasteiger partial charge in [0.05, 0.1) is 4.92 Å². The van der Waals surface area contributed by atoms with Gasteiger partial charge in [-0.3, -0.25) is 10.1 Å². The third kappa shape index (κ3) is 2.89. The van der Waals surface area contributed by atoms with Gasteiger partial charge in [0.2, 0.25) is 5.82 Å². The molecule has 2 aromatic rings. The highest BCUT2D eigenvalue weighted by atomic mass is 79.9. The van der Waals surface area contributed by atoms with E-state index >= 15 is 0 Å². The molecule has 0 saturated heterocycles. The van der Waals surface area contributed by atoms with Gasteiger partial charge in [0.15, 0.2) is 11.5 Å². The summed E-state index contributed by atoms with van der Waals surface area (Å²) in [5.41, 5.74) is 0.524. The van der Waals surface area contributed by atoms with Crippen molar-refractivity contribution in [1.82, 2.24) is 4.98 Å². The first-order chi connectivity index (χ1) is 10.1. The van der Waals surface area contributed by atoms with E-state index in [2.05, 4.69) is 26.2 Å². The summed E-state index contributed by atoms with van der Waals surface area (Å²) in [4.78, 5) is 14.6. The van der Waals surface area contributed by atoms with Crippen molar-refractivity contribution in [3.63, 3.8) is 0 Å². The second-order valence-corrected chi connectivity index (χ2v) is 5.18. The summed E-state index contributed by atoms with van der Waals surface area (Å²) in [6.45, 7) is 0.993. The van der Waals surface area contributed by atoms with E-state index in [-0.39, 0.29) is 11.5 Å². The highest BCUT2D eigenvalue weighted by molar-refractivity contribution is 9.10. The first-order valence-corrected chi connectivity index (χ1v) is 6.89. The average Bonchev–Trinajstić information content (AvgIpc) is 2.49. The second-order valence-electron chi connectivity index (χ2n) is 4.26. The maximum Gasteiger partial charge on any atom is 0.312 e. The Hall–Kier alpha value is -2.35. The van der Waals surface area contributed by atoms with E-state index in [1.54, 1.807) is 18.2 Å². The smallest absolute Gasteiger partial charge is 0.312 e. The largest absolute Gasteiger partial charge is 0.486 e. The molecule has 0 spiro atoms. The topological polar surface area (TPSA) is 86.5 Å². The SMILES string of the molecule is O=[N+]([O-])c1cc(Br)cnc1Nc1ccc2c(c1)OCCO2. The fraction of sp³-hybridized carbons (Fsp3) is 0.154. The van der Waals surface area contributed by atoms with Crippen molar-refractivity contribution in [2.75, 3.05) is 18.5 Å². The molecule has 0 bridgehead atoms. The molecule has 1 N–H and O–H groups in total. The molecule has 2 heterocycles. The number of benzene rings is 1. The number of hydrogen-bond donors (Lipinski definition) is 1. The maximum atomic E-state index is 11.1. The molecule has 21 heavy (non-hydrogen) atoms. The minimum absolute atomic E-state index is 0.112. The summed E-state index contributed by atoms with van der Waals surface area (Å²) in [5.74, 6) is 1.43. The number of pyridine rings is 1. The molecule has 0 unspecified atom stereocenters. The molecule has 0 radical (unpaired) electrons. The van der Waals surface area contributed by atoms with Crippen LogP contribution in [-0.4, -0.2) is 23.1 Å². The van der Waals surface area contributed by atoms with Gasteiger partial charge in [0.1, 0.15) is 13.2 Å². The quantitative estimate of drug-likeness (QED) is 0.674. The van der Waals surface area contributed by atoms with E-state index in [0.29, 0.717) is 34.9 Å². The van der Waals surface area contributed by atoms with Crippen molar-refractivity contribution in [3.05, 3.63) is 45.0 Å². The molecule has 8 heteroatoms. The summed E-state index contributed by atoms with van der Waals surface area (Å²) >= 11 is 3.17. The molecule has 1 aromatic heterocycles. The lowest BCUT2D eigenvalue weighted by molar-refractivity contribution is -0.384. The molecular formula is C13H10BrN3O4. The molecule has 0 aliphatic carbocycles. The van der Waals surface area contributed by atoms with Crippen LogP contribution >= 0.6 is 15.9 Å². The Balaban J connectivity index is 1.92. The second kappa shape index (κ2) is 5.57. The van der Waals surface area contributed by atoms with Gasteiger partial charge >= 0.3 is 5.69 Å². The summed E-state index contributed by atoms with van der Waals surface area (Å²) in [7, 11) is 0. The number of halogens is 1. The zero-order valence-corrected chi connectivity index (χ0v) is 12.3. The Labute approximate surface area is 128 Å². The number of rotatable bonds is 3.